The van der Waals surface area contributed by atoms with E-state index in [1.807, 2.05) is 40.8 Å². The summed E-state index contributed by atoms with van der Waals surface area (Å²) in [6, 6.07) is 0.367. The fraction of sp³-hybridized carbons (Fsp3) is 0.625. The smallest absolute Gasteiger partial charge is 0.248 e. The first-order chi connectivity index (χ1) is 16.0. The molecule has 4 rings (SSSR count). The quantitative estimate of drug-likeness (QED) is 0.584. The first-order valence-electron chi connectivity index (χ1n) is 11.9. The number of rotatable bonds is 6. The SMILES string of the molecule is Cc1cc(N)nc(C)c1CNC(=O)C1CC(O)CN1C(=O)[C@@H](n1cc(C2CC2)nn1)C(C)(C)C. The van der Waals surface area contributed by atoms with Gasteiger partial charge in [0.2, 0.25) is 11.8 Å². The van der Waals surface area contributed by atoms with Crippen LogP contribution in [0.4, 0.5) is 5.82 Å². The highest BCUT2D eigenvalue weighted by Crippen LogP contribution is 2.40. The van der Waals surface area contributed by atoms with Crippen molar-refractivity contribution in [2.75, 3.05) is 12.3 Å². The average molecular weight is 470 g/mol. The second kappa shape index (κ2) is 8.98. The van der Waals surface area contributed by atoms with Gasteiger partial charge in [-0.05, 0) is 49.3 Å². The molecule has 2 amide bonds. The summed E-state index contributed by atoms with van der Waals surface area (Å²) in [5, 5.41) is 21.9. The fourth-order valence-corrected chi connectivity index (χ4v) is 4.77. The lowest BCUT2D eigenvalue weighted by Crippen LogP contribution is -2.50. The van der Waals surface area contributed by atoms with Crippen LogP contribution in [0.25, 0.3) is 0 Å². The molecule has 2 fully saturated rings. The van der Waals surface area contributed by atoms with Gasteiger partial charge >= 0.3 is 0 Å². The zero-order valence-electron chi connectivity index (χ0n) is 20.6. The summed E-state index contributed by atoms with van der Waals surface area (Å²) in [5.74, 6) is 0.321. The number of nitrogens with one attached hydrogen (secondary N) is 1. The number of β-amino-alcohol motifs (C(OH)–C–C–N with tert-alkyl or cyclic N) is 1. The minimum absolute atomic E-state index is 0.106. The van der Waals surface area contributed by atoms with Gasteiger partial charge in [0.25, 0.3) is 0 Å². The minimum atomic E-state index is -0.764. The lowest BCUT2D eigenvalue weighted by atomic mass is 9.85. The molecule has 0 bridgehead atoms. The topological polar surface area (TPSA) is 139 Å². The molecule has 3 atom stereocenters. The maximum Gasteiger partial charge on any atom is 0.248 e. The van der Waals surface area contributed by atoms with Crippen LogP contribution in [0.1, 0.15) is 74.5 Å². The van der Waals surface area contributed by atoms with E-state index in [1.165, 1.54) is 4.90 Å². The molecule has 10 nitrogen and oxygen atoms in total. The van der Waals surface area contributed by atoms with Gasteiger partial charge in [-0.2, -0.15) is 0 Å². The fourth-order valence-electron chi connectivity index (χ4n) is 4.77. The molecule has 2 unspecified atom stereocenters. The molecule has 34 heavy (non-hydrogen) atoms. The molecule has 0 aromatic carbocycles. The van der Waals surface area contributed by atoms with E-state index in [2.05, 4.69) is 20.6 Å². The van der Waals surface area contributed by atoms with Gasteiger partial charge in [-0.3, -0.25) is 9.59 Å². The van der Waals surface area contributed by atoms with Gasteiger partial charge in [0, 0.05) is 37.3 Å². The van der Waals surface area contributed by atoms with Crippen LogP contribution >= 0.6 is 0 Å². The van der Waals surface area contributed by atoms with Crippen molar-refractivity contribution >= 4 is 17.6 Å². The molecule has 1 saturated heterocycles. The van der Waals surface area contributed by atoms with Crippen LogP contribution in [0, 0.1) is 19.3 Å². The number of aliphatic hydroxyl groups is 1. The van der Waals surface area contributed by atoms with Crippen molar-refractivity contribution < 1.29 is 14.7 Å². The Morgan fingerprint density at radius 2 is 2.00 bits per heavy atom. The van der Waals surface area contributed by atoms with Gasteiger partial charge in [-0.1, -0.05) is 26.0 Å². The van der Waals surface area contributed by atoms with E-state index in [0.717, 1.165) is 35.4 Å². The van der Waals surface area contributed by atoms with E-state index in [1.54, 1.807) is 10.7 Å². The Kier molecular flexibility index (Phi) is 6.37. The number of pyridine rings is 1. The molecule has 2 aromatic heterocycles. The molecule has 0 spiro atoms. The van der Waals surface area contributed by atoms with Crippen LogP contribution in [-0.4, -0.2) is 60.5 Å². The number of nitrogens with two attached hydrogens (primary N) is 1. The summed E-state index contributed by atoms with van der Waals surface area (Å²) >= 11 is 0. The van der Waals surface area contributed by atoms with Gasteiger partial charge < -0.3 is 21.1 Å². The molecular weight excluding hydrogens is 434 g/mol. The number of aromatic nitrogens is 4. The van der Waals surface area contributed by atoms with Crippen LogP contribution in [0.15, 0.2) is 12.3 Å². The Balaban J connectivity index is 1.53. The number of carbonyl (C=O) groups excluding carboxylic acids is 2. The van der Waals surface area contributed by atoms with Crippen LogP contribution in [0.2, 0.25) is 0 Å². The summed E-state index contributed by atoms with van der Waals surface area (Å²) in [7, 11) is 0. The summed E-state index contributed by atoms with van der Waals surface area (Å²) in [6.45, 7) is 10.1. The lowest BCUT2D eigenvalue weighted by molar-refractivity contribution is -0.144. The third kappa shape index (κ3) is 4.91. The zero-order valence-corrected chi connectivity index (χ0v) is 20.6. The molecule has 184 valence electrons. The summed E-state index contributed by atoms with van der Waals surface area (Å²) in [5.41, 5.74) is 8.82. The number of hydrogen-bond donors (Lipinski definition) is 3. The number of amides is 2. The highest BCUT2D eigenvalue weighted by Gasteiger charge is 2.45. The van der Waals surface area contributed by atoms with Gasteiger partial charge in [-0.15, -0.1) is 5.10 Å². The Morgan fingerprint density at radius 1 is 1.29 bits per heavy atom. The third-order valence-corrected chi connectivity index (χ3v) is 6.72. The van der Waals surface area contributed by atoms with E-state index in [0.29, 0.717) is 11.7 Å². The number of likely N-dealkylation sites (tertiary alicyclic amines) is 1. The molecular formula is C24H35N7O3. The van der Waals surface area contributed by atoms with Gasteiger partial charge in [-0.25, -0.2) is 9.67 Å². The van der Waals surface area contributed by atoms with Crippen molar-refractivity contribution in [1.29, 1.82) is 0 Å². The molecule has 1 aliphatic heterocycles. The van der Waals surface area contributed by atoms with E-state index >= 15 is 0 Å². The Labute approximate surface area is 199 Å². The summed E-state index contributed by atoms with van der Waals surface area (Å²) in [4.78, 5) is 32.7. The van der Waals surface area contributed by atoms with E-state index in [9.17, 15) is 14.7 Å². The molecule has 10 heteroatoms. The number of aliphatic hydroxyl groups excluding tert-OH is 1. The Bertz CT molecular complexity index is 1060. The van der Waals surface area contributed by atoms with Crippen LogP contribution in [-0.2, 0) is 16.1 Å². The number of hydrogen-bond acceptors (Lipinski definition) is 7. The van der Waals surface area contributed by atoms with E-state index in [4.69, 9.17) is 5.73 Å². The lowest BCUT2D eigenvalue weighted by Gasteiger charge is -2.34. The molecule has 4 N–H and O–H groups in total. The second-order valence-electron chi connectivity index (χ2n) is 10.7. The summed E-state index contributed by atoms with van der Waals surface area (Å²) < 4.78 is 1.63. The molecule has 0 radical (unpaired) electrons. The highest BCUT2D eigenvalue weighted by molar-refractivity contribution is 5.90. The molecule has 2 aromatic rings. The van der Waals surface area contributed by atoms with Crippen LogP contribution < -0.4 is 11.1 Å². The van der Waals surface area contributed by atoms with Gasteiger partial charge in [0.15, 0.2) is 0 Å². The van der Waals surface area contributed by atoms with Gasteiger partial charge in [0.1, 0.15) is 17.9 Å². The van der Waals surface area contributed by atoms with Crippen molar-refractivity contribution in [3.8, 4) is 0 Å². The van der Waals surface area contributed by atoms with Crippen molar-refractivity contribution in [3.05, 3.63) is 34.8 Å². The van der Waals surface area contributed by atoms with Crippen LogP contribution in [0.3, 0.4) is 0 Å². The van der Waals surface area contributed by atoms with Crippen LogP contribution in [0.5, 0.6) is 0 Å². The standard InChI is InChI=1S/C24H35N7O3/c1-13-8-20(25)27-14(2)17(13)10-26-22(33)19-9-16(32)11-30(19)23(34)21(24(3,4)5)31-12-18(28-29-31)15-6-7-15/h8,12,15-16,19,21,32H,6-7,9-11H2,1-5H3,(H2,25,27)(H,26,33)/t16?,19?,21-/m1/s1. The van der Waals surface area contributed by atoms with Crippen molar-refractivity contribution in [2.24, 2.45) is 5.41 Å². The third-order valence-electron chi connectivity index (χ3n) is 6.72. The molecule has 1 aliphatic carbocycles. The van der Waals surface area contributed by atoms with Crippen molar-refractivity contribution in [3.63, 3.8) is 0 Å². The molecule has 2 aliphatic rings. The van der Waals surface area contributed by atoms with Crippen molar-refractivity contribution in [1.82, 2.24) is 30.2 Å². The largest absolute Gasteiger partial charge is 0.391 e. The zero-order chi connectivity index (χ0) is 24.8. The first kappa shape index (κ1) is 24.1. The molecule has 3 heterocycles. The molecule has 1 saturated carbocycles. The summed E-state index contributed by atoms with van der Waals surface area (Å²) in [6.07, 6.45) is 3.47. The second-order valence-corrected chi connectivity index (χ2v) is 10.7. The highest BCUT2D eigenvalue weighted by atomic mass is 16.3. The Morgan fingerprint density at radius 3 is 2.62 bits per heavy atom. The monoisotopic (exact) mass is 469 g/mol. The van der Waals surface area contributed by atoms with E-state index in [-0.39, 0.29) is 31.3 Å². The number of aryl methyl sites for hydroxylation is 2. The maximum atomic E-state index is 13.8. The normalized spacial score (nSPS) is 21.5. The van der Waals surface area contributed by atoms with Crippen molar-refractivity contribution in [2.45, 2.75) is 84.5 Å². The maximum absolute atomic E-state index is 13.8. The van der Waals surface area contributed by atoms with E-state index < -0.39 is 23.6 Å². The number of anilines is 1. The number of carbonyl (C=O) groups is 2. The number of nitrogens with zero attached hydrogens (tertiary/aromatic N) is 5. The first-order valence-corrected chi connectivity index (χ1v) is 11.9. The average Bonchev–Trinajstić information content (AvgIpc) is 3.33. The minimum Gasteiger partial charge on any atom is -0.391 e. The van der Waals surface area contributed by atoms with Gasteiger partial charge in [0.05, 0.1) is 11.8 Å². The number of nitrogen functional groups attached to an aromatic ring is 1. The predicted molar refractivity (Wildman–Crippen MR) is 127 cm³/mol. The Hall–Kier alpha value is -3.01. The predicted octanol–water partition coefficient (Wildman–Crippen LogP) is 1.61.